The topological polar surface area (TPSA) is 75.0 Å². The van der Waals surface area contributed by atoms with Crippen LogP contribution in [0.3, 0.4) is 0 Å². The first kappa shape index (κ1) is 19.1. The fraction of sp³-hybridized carbons (Fsp3) is 0.174. The summed E-state index contributed by atoms with van der Waals surface area (Å²) in [6.45, 7) is 5.74. The molecule has 5 heteroatoms. The minimum absolute atomic E-state index is 0.248. The van der Waals surface area contributed by atoms with Crippen molar-refractivity contribution >= 4 is 17.5 Å². The molecule has 0 amide bonds. The second-order valence-electron chi connectivity index (χ2n) is 6.36. The number of aryl methyl sites for hydroxylation is 2. The number of carbonyl (C=O) groups is 1. The first-order valence-corrected chi connectivity index (χ1v) is 9.06. The highest BCUT2D eigenvalue weighted by Gasteiger charge is 2.25. The molecule has 0 spiro atoms. The number of benzene rings is 2. The summed E-state index contributed by atoms with van der Waals surface area (Å²) in [6.07, 6.45) is 0. The highest BCUT2D eigenvalue weighted by molar-refractivity contribution is 6.01. The van der Waals surface area contributed by atoms with Crippen molar-refractivity contribution in [2.75, 3.05) is 11.9 Å². The molecule has 0 fully saturated rings. The van der Waals surface area contributed by atoms with Crippen molar-refractivity contribution in [3.63, 3.8) is 0 Å². The van der Waals surface area contributed by atoms with Crippen LogP contribution in [0, 0.1) is 25.2 Å². The van der Waals surface area contributed by atoms with Gasteiger partial charge in [-0.3, -0.25) is 0 Å². The van der Waals surface area contributed by atoms with E-state index in [1.807, 2.05) is 61.5 Å². The number of anilines is 2. The molecule has 0 aliphatic rings. The lowest BCUT2D eigenvalue weighted by atomic mass is 9.93. The van der Waals surface area contributed by atoms with Gasteiger partial charge in [0, 0.05) is 11.3 Å². The van der Waals surface area contributed by atoms with Gasteiger partial charge in [-0.1, -0.05) is 48.0 Å². The van der Waals surface area contributed by atoms with Crippen LogP contribution >= 0.6 is 0 Å². The molecular weight excluding hydrogens is 350 g/mol. The minimum Gasteiger partial charge on any atom is -0.462 e. The number of rotatable bonds is 5. The summed E-state index contributed by atoms with van der Waals surface area (Å²) in [5.41, 5.74) is 4.34. The number of ether oxygens (including phenoxy) is 1. The summed E-state index contributed by atoms with van der Waals surface area (Å²) >= 11 is 0. The Kier molecular flexibility index (Phi) is 5.71. The van der Waals surface area contributed by atoms with Gasteiger partial charge in [0.2, 0.25) is 0 Å². The number of hydrogen-bond acceptors (Lipinski definition) is 5. The van der Waals surface area contributed by atoms with E-state index in [0.717, 1.165) is 16.8 Å². The van der Waals surface area contributed by atoms with Crippen molar-refractivity contribution in [3.8, 4) is 17.2 Å². The van der Waals surface area contributed by atoms with Crippen LogP contribution in [-0.2, 0) is 4.74 Å². The van der Waals surface area contributed by atoms with E-state index in [2.05, 4.69) is 16.4 Å². The summed E-state index contributed by atoms with van der Waals surface area (Å²) in [5.74, 6) is -0.0688. The molecule has 0 bridgehead atoms. The average molecular weight is 371 g/mol. The third-order valence-electron chi connectivity index (χ3n) is 4.35. The number of esters is 1. The number of nitriles is 1. The summed E-state index contributed by atoms with van der Waals surface area (Å²) in [7, 11) is 0. The molecule has 1 heterocycles. The normalized spacial score (nSPS) is 10.2. The van der Waals surface area contributed by atoms with Crippen LogP contribution < -0.4 is 5.32 Å². The van der Waals surface area contributed by atoms with Crippen LogP contribution in [0.4, 0.5) is 11.5 Å². The lowest BCUT2D eigenvalue weighted by Crippen LogP contribution is -2.13. The van der Waals surface area contributed by atoms with Gasteiger partial charge in [-0.15, -0.1) is 0 Å². The molecule has 0 saturated carbocycles. The second-order valence-corrected chi connectivity index (χ2v) is 6.36. The highest BCUT2D eigenvalue weighted by Crippen LogP contribution is 2.35. The maximum absolute atomic E-state index is 12.7. The van der Waals surface area contributed by atoms with Gasteiger partial charge in [0.15, 0.2) is 0 Å². The van der Waals surface area contributed by atoms with Crippen LogP contribution in [0.5, 0.6) is 0 Å². The Bertz CT molecular complexity index is 1040. The van der Waals surface area contributed by atoms with Crippen molar-refractivity contribution in [2.45, 2.75) is 20.8 Å². The van der Waals surface area contributed by atoms with Gasteiger partial charge >= 0.3 is 5.97 Å². The maximum atomic E-state index is 12.7. The van der Waals surface area contributed by atoms with Crippen molar-refractivity contribution in [1.29, 1.82) is 5.26 Å². The Morgan fingerprint density at radius 1 is 1.11 bits per heavy atom. The molecule has 0 unspecified atom stereocenters. The molecule has 0 saturated heterocycles. The van der Waals surface area contributed by atoms with E-state index in [4.69, 9.17) is 4.74 Å². The standard InChI is InChI=1S/C23H21N3O2/c1-4-28-23(27)20-16(3)25-22(26-18-8-6-5-7-9-18)19(14-24)21(20)17-12-10-15(2)11-13-17/h5-13H,4H2,1-3H3,(H,25,26). The molecule has 3 rings (SSSR count). The molecule has 3 aromatic rings. The minimum atomic E-state index is -0.481. The quantitative estimate of drug-likeness (QED) is 0.627. The Labute approximate surface area is 164 Å². The van der Waals surface area contributed by atoms with Gasteiger partial charge in [0.1, 0.15) is 17.5 Å². The van der Waals surface area contributed by atoms with Crippen molar-refractivity contribution in [2.24, 2.45) is 0 Å². The third-order valence-corrected chi connectivity index (χ3v) is 4.35. The molecule has 0 atom stereocenters. The zero-order chi connectivity index (χ0) is 20.1. The van der Waals surface area contributed by atoms with Crippen molar-refractivity contribution < 1.29 is 9.53 Å². The molecule has 2 aromatic carbocycles. The second kappa shape index (κ2) is 8.36. The van der Waals surface area contributed by atoms with Crippen LogP contribution in [0.25, 0.3) is 11.1 Å². The number of nitrogens with zero attached hydrogens (tertiary/aromatic N) is 2. The predicted molar refractivity (Wildman–Crippen MR) is 110 cm³/mol. The van der Waals surface area contributed by atoms with Gasteiger partial charge in [-0.25, -0.2) is 9.78 Å². The molecular formula is C23H21N3O2. The van der Waals surface area contributed by atoms with E-state index in [-0.39, 0.29) is 6.61 Å². The lowest BCUT2D eigenvalue weighted by molar-refractivity contribution is 0.0526. The molecule has 1 aromatic heterocycles. The molecule has 28 heavy (non-hydrogen) atoms. The van der Waals surface area contributed by atoms with E-state index in [1.54, 1.807) is 13.8 Å². The monoisotopic (exact) mass is 371 g/mol. The van der Waals surface area contributed by atoms with Gasteiger partial charge < -0.3 is 10.1 Å². The van der Waals surface area contributed by atoms with Crippen molar-refractivity contribution in [1.82, 2.24) is 4.98 Å². The molecule has 0 aliphatic heterocycles. The zero-order valence-corrected chi connectivity index (χ0v) is 16.1. The summed E-state index contributed by atoms with van der Waals surface area (Å²) in [4.78, 5) is 17.2. The van der Waals surface area contributed by atoms with E-state index in [0.29, 0.717) is 28.2 Å². The van der Waals surface area contributed by atoms with E-state index in [9.17, 15) is 10.1 Å². The number of pyridine rings is 1. The average Bonchev–Trinajstić information content (AvgIpc) is 2.69. The Morgan fingerprint density at radius 3 is 2.39 bits per heavy atom. The Balaban J connectivity index is 2.26. The largest absolute Gasteiger partial charge is 0.462 e. The van der Waals surface area contributed by atoms with E-state index in [1.165, 1.54) is 0 Å². The fourth-order valence-electron chi connectivity index (χ4n) is 3.02. The number of carbonyl (C=O) groups excluding carboxylic acids is 1. The summed E-state index contributed by atoms with van der Waals surface area (Å²) < 4.78 is 5.24. The maximum Gasteiger partial charge on any atom is 0.340 e. The SMILES string of the molecule is CCOC(=O)c1c(C)nc(Nc2ccccc2)c(C#N)c1-c1ccc(C)cc1. The van der Waals surface area contributed by atoms with E-state index < -0.39 is 5.97 Å². The van der Waals surface area contributed by atoms with Crippen molar-refractivity contribution in [3.05, 3.63) is 77.0 Å². The zero-order valence-electron chi connectivity index (χ0n) is 16.1. The predicted octanol–water partition coefficient (Wildman–Crippen LogP) is 5.16. The molecule has 140 valence electrons. The Morgan fingerprint density at radius 2 is 1.79 bits per heavy atom. The molecule has 5 nitrogen and oxygen atoms in total. The molecule has 0 radical (unpaired) electrons. The van der Waals surface area contributed by atoms with E-state index >= 15 is 0 Å². The van der Waals surface area contributed by atoms with Crippen LogP contribution in [0.2, 0.25) is 0 Å². The lowest BCUT2D eigenvalue weighted by Gasteiger charge is -2.17. The van der Waals surface area contributed by atoms with Gasteiger partial charge in [0.05, 0.1) is 17.9 Å². The summed E-state index contributed by atoms with van der Waals surface area (Å²) in [5, 5.41) is 13.1. The number of para-hydroxylation sites is 1. The molecule has 1 N–H and O–H groups in total. The summed E-state index contributed by atoms with van der Waals surface area (Å²) in [6, 6.07) is 19.4. The van der Waals surface area contributed by atoms with Gasteiger partial charge in [-0.2, -0.15) is 5.26 Å². The van der Waals surface area contributed by atoms with Gasteiger partial charge in [-0.05, 0) is 38.5 Å². The third kappa shape index (κ3) is 3.86. The number of aromatic nitrogens is 1. The van der Waals surface area contributed by atoms with Crippen LogP contribution in [-0.4, -0.2) is 17.6 Å². The smallest absolute Gasteiger partial charge is 0.340 e. The number of hydrogen-bond donors (Lipinski definition) is 1. The van der Waals surface area contributed by atoms with Crippen LogP contribution in [0.15, 0.2) is 54.6 Å². The van der Waals surface area contributed by atoms with Crippen LogP contribution in [0.1, 0.15) is 34.1 Å². The molecule has 0 aliphatic carbocycles. The first-order valence-electron chi connectivity index (χ1n) is 9.06. The first-order chi connectivity index (χ1) is 13.5. The number of nitrogens with one attached hydrogen (secondary N) is 1. The highest BCUT2D eigenvalue weighted by atomic mass is 16.5. The Hall–Kier alpha value is -3.65. The fourth-order valence-corrected chi connectivity index (χ4v) is 3.02. The van der Waals surface area contributed by atoms with Gasteiger partial charge in [0.25, 0.3) is 0 Å².